The van der Waals surface area contributed by atoms with Crippen LogP contribution >= 0.6 is 12.2 Å². The van der Waals surface area contributed by atoms with Gasteiger partial charge >= 0.3 is 0 Å². The lowest BCUT2D eigenvalue weighted by Crippen LogP contribution is -2.43. The summed E-state index contributed by atoms with van der Waals surface area (Å²) in [7, 11) is 0. The number of ether oxygens (including phenoxy) is 1. The topological polar surface area (TPSA) is 57.4 Å². The summed E-state index contributed by atoms with van der Waals surface area (Å²) in [6.45, 7) is 6.64. The largest absolute Gasteiger partial charge is 0.376 e. The summed E-state index contributed by atoms with van der Waals surface area (Å²) in [6.07, 6.45) is 2.22. The Kier molecular flexibility index (Phi) is 6.68. The van der Waals surface area contributed by atoms with E-state index in [1.54, 1.807) is 0 Å². The van der Waals surface area contributed by atoms with Gasteiger partial charge in [-0.2, -0.15) is 0 Å². The van der Waals surface area contributed by atoms with Crippen molar-refractivity contribution in [3.8, 4) is 0 Å². The van der Waals surface area contributed by atoms with Crippen LogP contribution in [-0.4, -0.2) is 34.3 Å². The quantitative estimate of drug-likeness (QED) is 0.569. The van der Waals surface area contributed by atoms with Gasteiger partial charge in [0.2, 0.25) is 0 Å². The minimum Gasteiger partial charge on any atom is -0.376 e. The van der Waals surface area contributed by atoms with E-state index in [-0.39, 0.29) is 11.7 Å². The molecule has 162 valence electrons. The van der Waals surface area contributed by atoms with Crippen LogP contribution in [0, 0.1) is 13.8 Å². The van der Waals surface area contributed by atoms with Crippen LogP contribution in [0.15, 0.2) is 53.3 Å². The fourth-order valence-corrected chi connectivity index (χ4v) is 4.29. The van der Waals surface area contributed by atoms with E-state index in [0.717, 1.165) is 47.0 Å². The van der Waals surface area contributed by atoms with E-state index >= 15 is 0 Å². The normalized spacial score (nSPS) is 15.9. The van der Waals surface area contributed by atoms with Gasteiger partial charge in [-0.15, -0.1) is 0 Å². The minimum atomic E-state index is -0.0654. The molecule has 1 atom stereocenters. The molecule has 1 fully saturated rings. The van der Waals surface area contributed by atoms with Gasteiger partial charge in [-0.25, -0.2) is 0 Å². The Morgan fingerprint density at radius 3 is 2.71 bits per heavy atom. The van der Waals surface area contributed by atoms with Crippen LogP contribution in [0.5, 0.6) is 0 Å². The second-order valence-corrected chi connectivity index (χ2v) is 8.66. The van der Waals surface area contributed by atoms with Crippen molar-refractivity contribution in [3.05, 3.63) is 81.1 Å². The molecule has 31 heavy (non-hydrogen) atoms. The Balaban J connectivity index is 1.57. The maximum atomic E-state index is 12.9. The number of hydrogen-bond donors (Lipinski definition) is 2. The van der Waals surface area contributed by atoms with E-state index in [1.807, 2.05) is 37.3 Å². The van der Waals surface area contributed by atoms with E-state index in [0.29, 0.717) is 30.3 Å². The van der Waals surface area contributed by atoms with Gasteiger partial charge in [0, 0.05) is 30.6 Å². The Hall–Kier alpha value is -2.70. The summed E-state index contributed by atoms with van der Waals surface area (Å²) in [5.41, 5.74) is 4.93. The summed E-state index contributed by atoms with van der Waals surface area (Å²) in [5.74, 6) is 0. The molecule has 1 saturated heterocycles. The fraction of sp³-hybridized carbons (Fsp3) is 0.360. The molecule has 3 aromatic rings. The number of fused-ring (bicyclic) bond motifs is 1. The zero-order valence-electron chi connectivity index (χ0n) is 18.1. The van der Waals surface area contributed by atoms with Crippen molar-refractivity contribution < 1.29 is 4.74 Å². The highest BCUT2D eigenvalue weighted by Crippen LogP contribution is 2.21. The van der Waals surface area contributed by atoms with Crippen LogP contribution in [0.4, 0.5) is 0 Å². The van der Waals surface area contributed by atoms with Crippen molar-refractivity contribution in [2.24, 2.45) is 0 Å². The molecule has 1 aliphatic heterocycles. The number of benzene rings is 2. The first-order valence-corrected chi connectivity index (χ1v) is 11.2. The molecule has 2 heterocycles. The van der Waals surface area contributed by atoms with Crippen molar-refractivity contribution in [1.82, 2.24) is 15.2 Å². The summed E-state index contributed by atoms with van der Waals surface area (Å²) < 4.78 is 5.85. The standard InChI is InChI=1S/C25H29N3O2S/c1-17-10-11-18(2)23-22(17)13-20(24(29)27-23)15-28(16-21-9-6-12-30-21)25(31)26-14-19-7-4-3-5-8-19/h3-5,7-8,10-11,13,21H,6,9,12,14-16H2,1-2H3,(H,26,31)(H,27,29)/t21-/m1/s1. The van der Waals surface area contributed by atoms with E-state index in [1.165, 1.54) is 0 Å². The average molecular weight is 436 g/mol. The highest BCUT2D eigenvalue weighted by molar-refractivity contribution is 7.80. The van der Waals surface area contributed by atoms with Gasteiger partial charge in [0.15, 0.2) is 5.11 Å². The van der Waals surface area contributed by atoms with Gasteiger partial charge in [0.05, 0.1) is 18.2 Å². The van der Waals surface area contributed by atoms with E-state index in [2.05, 4.69) is 40.3 Å². The van der Waals surface area contributed by atoms with Crippen molar-refractivity contribution in [2.45, 2.75) is 45.9 Å². The lowest BCUT2D eigenvalue weighted by molar-refractivity contribution is 0.0896. The van der Waals surface area contributed by atoms with Crippen molar-refractivity contribution in [2.75, 3.05) is 13.2 Å². The third-order valence-corrected chi connectivity index (χ3v) is 6.31. The van der Waals surface area contributed by atoms with E-state index in [4.69, 9.17) is 17.0 Å². The van der Waals surface area contributed by atoms with Crippen molar-refractivity contribution in [1.29, 1.82) is 0 Å². The molecule has 4 rings (SSSR count). The van der Waals surface area contributed by atoms with Crippen LogP contribution in [0.3, 0.4) is 0 Å². The maximum Gasteiger partial charge on any atom is 0.253 e. The molecule has 0 radical (unpaired) electrons. The molecule has 1 aromatic heterocycles. The Labute approximate surface area is 188 Å². The second kappa shape index (κ2) is 9.62. The van der Waals surface area contributed by atoms with Gasteiger partial charge in [0.1, 0.15) is 0 Å². The van der Waals surface area contributed by atoms with Gasteiger partial charge in [0.25, 0.3) is 5.56 Å². The Morgan fingerprint density at radius 2 is 1.97 bits per heavy atom. The summed E-state index contributed by atoms with van der Waals surface area (Å²) in [5, 5.41) is 5.08. The average Bonchev–Trinajstić information content (AvgIpc) is 3.29. The summed E-state index contributed by atoms with van der Waals surface area (Å²) in [6, 6.07) is 16.3. The fourth-order valence-electron chi connectivity index (χ4n) is 4.08. The van der Waals surface area contributed by atoms with E-state index < -0.39 is 0 Å². The molecule has 1 aliphatic rings. The SMILES string of the molecule is Cc1ccc(C)c2[nH]c(=O)c(CN(C[C@H]3CCCO3)C(=S)NCc3ccccc3)cc12. The number of aromatic amines is 1. The number of nitrogens with zero attached hydrogens (tertiary/aromatic N) is 1. The molecule has 0 unspecified atom stereocenters. The van der Waals surface area contributed by atoms with Gasteiger partial charge in [-0.05, 0) is 61.7 Å². The Bertz CT molecular complexity index is 1120. The maximum absolute atomic E-state index is 12.9. The zero-order valence-corrected chi connectivity index (χ0v) is 18.9. The zero-order chi connectivity index (χ0) is 21.8. The lowest BCUT2D eigenvalue weighted by Gasteiger charge is -2.28. The number of hydrogen-bond acceptors (Lipinski definition) is 3. The molecule has 0 aliphatic carbocycles. The molecule has 2 aromatic carbocycles. The molecule has 0 saturated carbocycles. The number of aryl methyl sites for hydroxylation is 2. The van der Waals surface area contributed by atoms with Gasteiger partial charge < -0.3 is 19.9 Å². The third-order valence-electron chi connectivity index (χ3n) is 5.90. The van der Waals surface area contributed by atoms with Gasteiger partial charge in [-0.3, -0.25) is 4.79 Å². The van der Waals surface area contributed by atoms with Crippen LogP contribution in [-0.2, 0) is 17.8 Å². The first kappa shape index (κ1) is 21.5. The first-order valence-electron chi connectivity index (χ1n) is 10.8. The van der Waals surface area contributed by atoms with Crippen LogP contribution in [0.1, 0.15) is 35.1 Å². The number of rotatable bonds is 6. The number of H-pyrrole nitrogens is 1. The molecule has 2 N–H and O–H groups in total. The molecule has 0 spiro atoms. The molecular formula is C25H29N3O2S. The smallest absolute Gasteiger partial charge is 0.253 e. The predicted molar refractivity (Wildman–Crippen MR) is 129 cm³/mol. The molecule has 5 nitrogen and oxygen atoms in total. The number of pyridine rings is 1. The monoisotopic (exact) mass is 435 g/mol. The highest BCUT2D eigenvalue weighted by atomic mass is 32.1. The number of nitrogens with one attached hydrogen (secondary N) is 2. The van der Waals surface area contributed by atoms with Crippen molar-refractivity contribution in [3.63, 3.8) is 0 Å². The Morgan fingerprint density at radius 1 is 1.19 bits per heavy atom. The molecular weight excluding hydrogens is 406 g/mol. The highest BCUT2D eigenvalue weighted by Gasteiger charge is 2.22. The second-order valence-electron chi connectivity index (χ2n) is 8.27. The van der Waals surface area contributed by atoms with Crippen molar-refractivity contribution >= 4 is 28.2 Å². The summed E-state index contributed by atoms with van der Waals surface area (Å²) >= 11 is 5.74. The van der Waals surface area contributed by atoms with Crippen LogP contribution in [0.2, 0.25) is 0 Å². The van der Waals surface area contributed by atoms with Crippen LogP contribution < -0.4 is 10.9 Å². The minimum absolute atomic E-state index is 0.0654. The molecule has 6 heteroatoms. The van der Waals surface area contributed by atoms with E-state index in [9.17, 15) is 4.79 Å². The first-order chi connectivity index (χ1) is 15.0. The summed E-state index contributed by atoms with van der Waals surface area (Å²) in [4.78, 5) is 18.0. The third kappa shape index (κ3) is 5.14. The predicted octanol–water partition coefficient (Wildman–Crippen LogP) is 4.20. The van der Waals surface area contributed by atoms with Crippen LogP contribution in [0.25, 0.3) is 10.9 Å². The number of aromatic nitrogens is 1. The molecule has 0 amide bonds. The molecule has 0 bridgehead atoms. The number of thiocarbonyl (C=S) groups is 1. The lowest BCUT2D eigenvalue weighted by atomic mass is 10.0. The van der Waals surface area contributed by atoms with Gasteiger partial charge in [-0.1, -0.05) is 42.5 Å².